The second-order valence-electron chi connectivity index (χ2n) is 6.25. The van der Waals surface area contributed by atoms with Gasteiger partial charge in [0.05, 0.1) is 0 Å². The molecule has 2 aliphatic carbocycles. The molecule has 0 aromatic rings. The fourth-order valence-electron chi connectivity index (χ4n) is 3.65. The largest absolute Gasteiger partial charge is 0.338 e. The highest BCUT2D eigenvalue weighted by Crippen LogP contribution is 2.39. The van der Waals surface area contributed by atoms with Gasteiger partial charge in [-0.3, -0.25) is 4.79 Å². The van der Waals surface area contributed by atoms with Crippen LogP contribution in [-0.2, 0) is 4.79 Å². The van der Waals surface area contributed by atoms with Crippen LogP contribution in [0, 0.1) is 5.41 Å². The average Bonchev–Trinajstić information content (AvgIpc) is 2.90. The van der Waals surface area contributed by atoms with Gasteiger partial charge < -0.3 is 4.90 Å². The minimum absolute atomic E-state index is 0.0665. The number of hydrogen-bond acceptors (Lipinski definition) is 1. The Kier molecular flexibility index (Phi) is 5.11. The van der Waals surface area contributed by atoms with Crippen molar-refractivity contribution in [2.24, 2.45) is 5.41 Å². The second kappa shape index (κ2) is 6.40. The van der Waals surface area contributed by atoms with Crippen LogP contribution in [0.2, 0.25) is 0 Å². The number of nitrogens with zero attached hydrogens (tertiary/aromatic N) is 1. The third kappa shape index (κ3) is 3.09. The van der Waals surface area contributed by atoms with Crippen molar-refractivity contribution < 1.29 is 4.79 Å². The summed E-state index contributed by atoms with van der Waals surface area (Å²) in [7, 11) is 0. The van der Waals surface area contributed by atoms with Crippen LogP contribution in [0.3, 0.4) is 0 Å². The van der Waals surface area contributed by atoms with E-state index in [1.54, 1.807) is 0 Å². The summed E-state index contributed by atoms with van der Waals surface area (Å²) in [4.78, 5) is 15.1. The summed E-state index contributed by atoms with van der Waals surface area (Å²) in [5.74, 6) is 0.438. The van der Waals surface area contributed by atoms with E-state index in [1.807, 2.05) is 0 Å². The lowest BCUT2D eigenvalue weighted by Gasteiger charge is -2.39. The molecule has 0 N–H and O–H groups in total. The first kappa shape index (κ1) is 14.4. The van der Waals surface area contributed by atoms with Crippen LogP contribution in [-0.4, -0.2) is 28.7 Å². The van der Waals surface area contributed by atoms with Crippen molar-refractivity contribution in [1.29, 1.82) is 0 Å². The van der Waals surface area contributed by atoms with Gasteiger partial charge in [0.25, 0.3) is 0 Å². The molecule has 0 aliphatic heterocycles. The van der Waals surface area contributed by atoms with Gasteiger partial charge in [-0.25, -0.2) is 0 Å². The number of alkyl halides is 1. The molecule has 0 spiro atoms. The molecule has 2 aliphatic rings. The molecule has 2 saturated carbocycles. The van der Waals surface area contributed by atoms with Gasteiger partial charge in [0, 0.05) is 23.3 Å². The van der Waals surface area contributed by atoms with E-state index in [-0.39, 0.29) is 5.41 Å². The molecule has 0 bridgehead atoms. The summed E-state index contributed by atoms with van der Waals surface area (Å²) in [6, 6.07) is 0.522. The van der Waals surface area contributed by atoms with Crippen LogP contribution in [0.15, 0.2) is 0 Å². The van der Waals surface area contributed by atoms with Crippen LogP contribution in [0.1, 0.15) is 64.7 Å². The molecular formula is C15H26BrNO. The van der Waals surface area contributed by atoms with Crippen molar-refractivity contribution in [2.75, 3.05) is 11.9 Å². The Morgan fingerprint density at radius 1 is 1.17 bits per heavy atom. The average molecular weight is 316 g/mol. The topological polar surface area (TPSA) is 20.3 Å². The summed E-state index contributed by atoms with van der Waals surface area (Å²) < 4.78 is 0. The molecule has 0 saturated heterocycles. The zero-order valence-electron chi connectivity index (χ0n) is 11.6. The number of halogens is 1. The van der Waals surface area contributed by atoms with Crippen molar-refractivity contribution in [3.05, 3.63) is 0 Å². The summed E-state index contributed by atoms with van der Waals surface area (Å²) in [5.41, 5.74) is -0.0665. The van der Waals surface area contributed by atoms with Crippen LogP contribution < -0.4 is 0 Å². The fourth-order valence-corrected chi connectivity index (χ4v) is 4.03. The molecular weight excluding hydrogens is 290 g/mol. The Morgan fingerprint density at radius 2 is 1.78 bits per heavy atom. The van der Waals surface area contributed by atoms with E-state index in [0.717, 1.165) is 24.7 Å². The van der Waals surface area contributed by atoms with Crippen molar-refractivity contribution >= 4 is 21.8 Å². The number of hydrogen-bond donors (Lipinski definition) is 0. The predicted octanol–water partition coefficient (Wildman–Crippen LogP) is 4.12. The van der Waals surface area contributed by atoms with Crippen molar-refractivity contribution in [3.8, 4) is 0 Å². The Bertz CT molecular complexity index is 280. The van der Waals surface area contributed by atoms with E-state index >= 15 is 0 Å². The minimum atomic E-state index is -0.0665. The quantitative estimate of drug-likeness (QED) is 0.714. The van der Waals surface area contributed by atoms with Gasteiger partial charge in [0.1, 0.15) is 0 Å². The molecule has 2 rings (SSSR count). The van der Waals surface area contributed by atoms with E-state index in [2.05, 4.69) is 27.8 Å². The Balaban J connectivity index is 2.06. The third-order valence-electron chi connectivity index (χ3n) is 4.83. The number of carbonyl (C=O) groups is 1. The second-order valence-corrected chi connectivity index (χ2v) is 7.04. The van der Waals surface area contributed by atoms with E-state index < -0.39 is 0 Å². The highest BCUT2D eigenvalue weighted by Gasteiger charge is 2.39. The van der Waals surface area contributed by atoms with Gasteiger partial charge in [0.15, 0.2) is 0 Å². The molecule has 0 aromatic heterocycles. The summed E-state index contributed by atoms with van der Waals surface area (Å²) in [5, 5.41) is 0.908. The van der Waals surface area contributed by atoms with Crippen molar-refractivity contribution in [2.45, 2.75) is 70.8 Å². The van der Waals surface area contributed by atoms with E-state index in [1.165, 1.54) is 44.9 Å². The molecule has 0 atom stereocenters. The molecule has 2 nitrogen and oxygen atoms in total. The van der Waals surface area contributed by atoms with Crippen LogP contribution >= 0.6 is 15.9 Å². The number of rotatable bonds is 4. The van der Waals surface area contributed by atoms with E-state index in [9.17, 15) is 4.79 Å². The maximum absolute atomic E-state index is 12.9. The number of carbonyl (C=O) groups excluding carboxylic acids is 1. The Labute approximate surface area is 120 Å². The van der Waals surface area contributed by atoms with Crippen LogP contribution in [0.4, 0.5) is 0 Å². The smallest absolute Gasteiger partial charge is 0.228 e. The van der Waals surface area contributed by atoms with Gasteiger partial charge in [-0.2, -0.15) is 0 Å². The fraction of sp³-hybridized carbons (Fsp3) is 0.933. The zero-order valence-corrected chi connectivity index (χ0v) is 13.2. The summed E-state index contributed by atoms with van der Waals surface area (Å²) in [6.07, 6.45) is 11.0. The van der Waals surface area contributed by atoms with E-state index in [4.69, 9.17) is 0 Å². The van der Waals surface area contributed by atoms with Gasteiger partial charge in [-0.1, -0.05) is 55.0 Å². The molecule has 3 heteroatoms. The van der Waals surface area contributed by atoms with Gasteiger partial charge in [0.2, 0.25) is 5.91 Å². The monoisotopic (exact) mass is 315 g/mol. The molecule has 0 radical (unpaired) electrons. The van der Waals surface area contributed by atoms with Gasteiger partial charge in [-0.05, 0) is 25.7 Å². The molecule has 18 heavy (non-hydrogen) atoms. The maximum Gasteiger partial charge on any atom is 0.228 e. The molecule has 0 unspecified atom stereocenters. The number of amides is 1. The van der Waals surface area contributed by atoms with Gasteiger partial charge >= 0.3 is 0 Å². The molecule has 104 valence electrons. The Hall–Kier alpha value is -0.0500. The lowest BCUT2D eigenvalue weighted by molar-refractivity contribution is -0.145. The minimum Gasteiger partial charge on any atom is -0.338 e. The normalized spacial score (nSPS) is 24.1. The first-order chi connectivity index (χ1) is 8.67. The van der Waals surface area contributed by atoms with Gasteiger partial charge in [-0.15, -0.1) is 0 Å². The SMILES string of the molecule is CC1(C(=O)N(CCBr)C2CCCC2)CCCCC1. The highest BCUT2D eigenvalue weighted by molar-refractivity contribution is 9.09. The molecule has 0 heterocycles. The first-order valence-corrected chi connectivity index (χ1v) is 8.66. The van der Waals surface area contributed by atoms with Crippen LogP contribution in [0.5, 0.6) is 0 Å². The zero-order chi connectivity index (χ0) is 13.0. The molecule has 1 amide bonds. The van der Waals surface area contributed by atoms with Crippen molar-refractivity contribution in [1.82, 2.24) is 4.90 Å². The summed E-state index contributed by atoms with van der Waals surface area (Å²) in [6.45, 7) is 3.09. The van der Waals surface area contributed by atoms with Crippen molar-refractivity contribution in [3.63, 3.8) is 0 Å². The predicted molar refractivity (Wildman–Crippen MR) is 79.0 cm³/mol. The standard InChI is InChI=1S/C15H26BrNO/c1-15(9-5-2-6-10-15)14(18)17(12-11-16)13-7-3-4-8-13/h13H,2-12H2,1H3. The van der Waals surface area contributed by atoms with E-state index in [0.29, 0.717) is 11.9 Å². The third-order valence-corrected chi connectivity index (χ3v) is 5.18. The highest BCUT2D eigenvalue weighted by atomic mass is 79.9. The maximum atomic E-state index is 12.9. The lowest BCUT2D eigenvalue weighted by Crippen LogP contribution is -2.48. The molecule has 0 aromatic carbocycles. The first-order valence-electron chi connectivity index (χ1n) is 7.54. The molecule has 2 fully saturated rings. The van der Waals surface area contributed by atoms with Crippen LogP contribution in [0.25, 0.3) is 0 Å². The summed E-state index contributed by atoms with van der Waals surface area (Å²) >= 11 is 3.51. The Morgan fingerprint density at radius 3 is 2.33 bits per heavy atom. The lowest BCUT2D eigenvalue weighted by atomic mass is 9.74.